The molecule has 3 aromatic heterocycles. The number of fused-ring (bicyclic) bond motifs is 1. The minimum Gasteiger partial charge on any atom is -0.321 e. The highest BCUT2D eigenvalue weighted by atomic mass is 79.9. The first kappa shape index (κ1) is 16.5. The number of carbonyl (C=O) groups excluding carboxylic acids is 1. The van der Waals surface area contributed by atoms with Gasteiger partial charge in [-0.25, -0.2) is 4.98 Å². The van der Waals surface area contributed by atoms with Gasteiger partial charge in [0.2, 0.25) is 0 Å². The minimum absolute atomic E-state index is 0.103. The summed E-state index contributed by atoms with van der Waals surface area (Å²) < 4.78 is 3.84. The van der Waals surface area contributed by atoms with Crippen molar-refractivity contribution in [3.63, 3.8) is 0 Å². The summed E-state index contributed by atoms with van der Waals surface area (Å²) in [6.07, 6.45) is 3.92. The Kier molecular flexibility index (Phi) is 4.45. The summed E-state index contributed by atoms with van der Waals surface area (Å²) >= 11 is 8.43. The number of pyridine rings is 1. The maximum atomic E-state index is 12.2. The fourth-order valence-corrected chi connectivity index (χ4v) is 4.44. The first-order valence-electron chi connectivity index (χ1n) is 7.39. The number of anilines is 1. The molecular weight excluding hydrogens is 466 g/mol. The summed E-state index contributed by atoms with van der Waals surface area (Å²) in [6, 6.07) is 13.3. The van der Waals surface area contributed by atoms with Crippen LogP contribution in [0, 0.1) is 0 Å². The van der Waals surface area contributed by atoms with Gasteiger partial charge in [-0.3, -0.25) is 4.79 Å². The molecular formula is C18H11Br2N3OS. The van der Waals surface area contributed by atoms with Crippen LogP contribution in [0.4, 0.5) is 5.69 Å². The number of rotatable bonds is 3. The van der Waals surface area contributed by atoms with E-state index in [4.69, 9.17) is 0 Å². The Labute approximate surface area is 164 Å². The number of carbonyl (C=O) groups is 1. The normalized spacial score (nSPS) is 11.0. The summed E-state index contributed by atoms with van der Waals surface area (Å²) in [5.74, 6) is -0.103. The molecule has 0 aliphatic rings. The van der Waals surface area contributed by atoms with Crippen molar-refractivity contribution in [1.29, 1.82) is 0 Å². The summed E-state index contributed by atoms with van der Waals surface area (Å²) in [4.78, 5) is 17.6. The van der Waals surface area contributed by atoms with Crippen LogP contribution in [0.3, 0.4) is 0 Å². The second kappa shape index (κ2) is 6.74. The van der Waals surface area contributed by atoms with Crippen LogP contribution in [-0.2, 0) is 0 Å². The third-order valence-electron chi connectivity index (χ3n) is 3.63. The SMILES string of the molecule is O=C(Nc1cccc(-c2cn3cc(Br)cc(Br)c3n2)c1)c1cccs1. The van der Waals surface area contributed by atoms with Gasteiger partial charge in [-0.2, -0.15) is 0 Å². The Balaban J connectivity index is 1.67. The predicted octanol–water partition coefficient (Wildman–Crippen LogP) is 5.84. The monoisotopic (exact) mass is 475 g/mol. The van der Waals surface area contributed by atoms with Crippen molar-refractivity contribution in [3.05, 3.63) is 74.1 Å². The molecule has 0 aliphatic carbocycles. The number of nitrogens with one attached hydrogen (secondary N) is 1. The number of thiophene rings is 1. The molecule has 0 spiro atoms. The highest BCUT2D eigenvalue weighted by Crippen LogP contribution is 2.27. The lowest BCUT2D eigenvalue weighted by molar-refractivity contribution is 0.103. The van der Waals surface area contributed by atoms with Crippen molar-refractivity contribution in [2.24, 2.45) is 0 Å². The molecule has 0 saturated heterocycles. The van der Waals surface area contributed by atoms with Crippen molar-refractivity contribution in [2.45, 2.75) is 0 Å². The average molecular weight is 477 g/mol. The molecule has 3 heterocycles. The van der Waals surface area contributed by atoms with Gasteiger partial charge in [0.25, 0.3) is 5.91 Å². The van der Waals surface area contributed by atoms with E-state index in [1.807, 2.05) is 58.6 Å². The van der Waals surface area contributed by atoms with Crippen molar-refractivity contribution in [2.75, 3.05) is 5.32 Å². The Morgan fingerprint density at radius 1 is 1.12 bits per heavy atom. The van der Waals surface area contributed by atoms with Gasteiger partial charge < -0.3 is 9.72 Å². The van der Waals surface area contributed by atoms with Gasteiger partial charge in [-0.05, 0) is 61.5 Å². The second-order valence-electron chi connectivity index (χ2n) is 5.38. The predicted molar refractivity (Wildman–Crippen MR) is 108 cm³/mol. The molecule has 0 radical (unpaired) electrons. The summed E-state index contributed by atoms with van der Waals surface area (Å²) in [7, 11) is 0. The van der Waals surface area contributed by atoms with E-state index >= 15 is 0 Å². The summed E-state index contributed by atoms with van der Waals surface area (Å²) in [5.41, 5.74) is 3.36. The second-order valence-corrected chi connectivity index (χ2v) is 8.09. The lowest BCUT2D eigenvalue weighted by Crippen LogP contribution is -2.09. The Morgan fingerprint density at radius 2 is 2.00 bits per heavy atom. The Morgan fingerprint density at radius 3 is 2.80 bits per heavy atom. The van der Waals surface area contributed by atoms with Gasteiger partial charge >= 0.3 is 0 Å². The first-order chi connectivity index (χ1) is 12.1. The van der Waals surface area contributed by atoms with E-state index < -0.39 is 0 Å². The minimum atomic E-state index is -0.103. The van der Waals surface area contributed by atoms with Crippen molar-refractivity contribution in [1.82, 2.24) is 9.38 Å². The van der Waals surface area contributed by atoms with Crippen molar-refractivity contribution < 1.29 is 4.79 Å². The molecule has 1 amide bonds. The fourth-order valence-electron chi connectivity index (χ4n) is 2.52. The van der Waals surface area contributed by atoms with Crippen LogP contribution >= 0.6 is 43.2 Å². The molecule has 0 fully saturated rings. The van der Waals surface area contributed by atoms with Gasteiger partial charge in [0, 0.05) is 28.1 Å². The number of halogens is 2. The van der Waals surface area contributed by atoms with Crippen LogP contribution in [0.5, 0.6) is 0 Å². The lowest BCUT2D eigenvalue weighted by Gasteiger charge is -2.05. The number of benzene rings is 1. The molecule has 124 valence electrons. The van der Waals surface area contributed by atoms with E-state index in [0.29, 0.717) is 4.88 Å². The zero-order valence-electron chi connectivity index (χ0n) is 12.7. The number of imidazole rings is 1. The van der Waals surface area contributed by atoms with E-state index in [1.54, 1.807) is 6.07 Å². The third-order valence-corrected chi connectivity index (χ3v) is 5.52. The molecule has 0 aliphatic heterocycles. The van der Waals surface area contributed by atoms with Gasteiger partial charge in [-0.1, -0.05) is 18.2 Å². The summed E-state index contributed by atoms with van der Waals surface area (Å²) in [5, 5.41) is 4.82. The molecule has 0 atom stereocenters. The van der Waals surface area contributed by atoms with Crippen molar-refractivity contribution in [3.8, 4) is 11.3 Å². The molecule has 0 unspecified atom stereocenters. The molecule has 4 rings (SSSR count). The maximum absolute atomic E-state index is 12.2. The lowest BCUT2D eigenvalue weighted by atomic mass is 10.1. The van der Waals surface area contributed by atoms with E-state index in [0.717, 1.165) is 31.5 Å². The number of nitrogens with zero attached hydrogens (tertiary/aromatic N) is 2. The zero-order valence-corrected chi connectivity index (χ0v) is 16.7. The van der Waals surface area contributed by atoms with E-state index in [2.05, 4.69) is 42.2 Å². The van der Waals surface area contributed by atoms with Crippen LogP contribution < -0.4 is 5.32 Å². The van der Waals surface area contributed by atoms with E-state index in [1.165, 1.54) is 11.3 Å². The standard InChI is InChI=1S/C18H11Br2N3OS/c19-12-8-14(20)17-22-15(10-23(17)9-12)11-3-1-4-13(7-11)21-18(24)16-5-2-6-25-16/h1-10H,(H,21,24). The highest BCUT2D eigenvalue weighted by molar-refractivity contribution is 9.11. The maximum Gasteiger partial charge on any atom is 0.265 e. The quantitative estimate of drug-likeness (QED) is 0.403. The number of hydrogen-bond acceptors (Lipinski definition) is 3. The topological polar surface area (TPSA) is 46.4 Å². The molecule has 1 aromatic carbocycles. The van der Waals surface area contributed by atoms with Gasteiger partial charge in [0.05, 0.1) is 15.0 Å². The van der Waals surface area contributed by atoms with Gasteiger partial charge in [0.1, 0.15) is 0 Å². The smallest absolute Gasteiger partial charge is 0.265 e. The van der Waals surface area contributed by atoms with E-state index in [-0.39, 0.29) is 5.91 Å². The number of aromatic nitrogens is 2. The molecule has 0 saturated carbocycles. The Hall–Kier alpha value is -1.96. The zero-order chi connectivity index (χ0) is 17.4. The number of amides is 1. The number of hydrogen-bond donors (Lipinski definition) is 1. The fraction of sp³-hybridized carbons (Fsp3) is 0. The first-order valence-corrected chi connectivity index (χ1v) is 9.86. The van der Waals surface area contributed by atoms with Crippen LogP contribution in [-0.4, -0.2) is 15.3 Å². The van der Waals surface area contributed by atoms with Crippen LogP contribution in [0.15, 0.2) is 69.2 Å². The van der Waals surface area contributed by atoms with Crippen LogP contribution in [0.25, 0.3) is 16.9 Å². The molecule has 1 N–H and O–H groups in total. The third kappa shape index (κ3) is 3.40. The van der Waals surface area contributed by atoms with Gasteiger partial charge in [0.15, 0.2) is 5.65 Å². The Bertz CT molecular complexity index is 1070. The molecule has 4 aromatic rings. The van der Waals surface area contributed by atoms with Crippen LogP contribution in [0.2, 0.25) is 0 Å². The molecule has 4 nitrogen and oxygen atoms in total. The van der Waals surface area contributed by atoms with Gasteiger partial charge in [-0.15, -0.1) is 11.3 Å². The van der Waals surface area contributed by atoms with Crippen LogP contribution in [0.1, 0.15) is 9.67 Å². The average Bonchev–Trinajstić information content (AvgIpc) is 3.24. The molecule has 0 bridgehead atoms. The van der Waals surface area contributed by atoms with Crippen molar-refractivity contribution >= 4 is 60.4 Å². The molecule has 25 heavy (non-hydrogen) atoms. The van der Waals surface area contributed by atoms with E-state index in [9.17, 15) is 4.79 Å². The summed E-state index contributed by atoms with van der Waals surface area (Å²) in [6.45, 7) is 0. The highest BCUT2D eigenvalue weighted by Gasteiger charge is 2.10. The largest absolute Gasteiger partial charge is 0.321 e. The molecule has 7 heteroatoms.